The van der Waals surface area contributed by atoms with Crippen LogP contribution in [0.1, 0.15) is 13.8 Å². The Balaban J connectivity index is 2.78. The molecule has 0 aromatic heterocycles. The molecule has 2 atom stereocenters. The summed E-state index contributed by atoms with van der Waals surface area (Å²) in [5, 5.41) is 1.43. The van der Waals surface area contributed by atoms with Crippen LogP contribution in [-0.2, 0) is 9.84 Å². The van der Waals surface area contributed by atoms with E-state index in [1.54, 1.807) is 13.8 Å². The summed E-state index contributed by atoms with van der Waals surface area (Å²) in [6.45, 7) is 4.69. The Bertz CT molecular complexity index is 232. The average Bonchev–Trinajstić information content (AvgIpc) is 2.00. The van der Waals surface area contributed by atoms with Crippen LogP contribution in [0.3, 0.4) is 0 Å². The lowest BCUT2D eigenvalue weighted by Gasteiger charge is -2.33. The maximum atomic E-state index is 11.5. The molecule has 1 N–H and O–H groups in total. The van der Waals surface area contributed by atoms with Gasteiger partial charge in [0.2, 0.25) is 0 Å². The third-order valence-corrected chi connectivity index (χ3v) is 4.93. The number of sulfone groups is 1. The second kappa shape index (κ2) is 3.32. The molecular weight excluding hydrogens is 176 g/mol. The molecule has 0 aliphatic carbocycles. The van der Waals surface area contributed by atoms with E-state index in [2.05, 4.69) is 5.43 Å². The van der Waals surface area contributed by atoms with Gasteiger partial charge < -0.3 is 0 Å². The van der Waals surface area contributed by atoms with E-state index in [1.165, 1.54) is 0 Å². The van der Waals surface area contributed by atoms with Crippen molar-refractivity contribution in [3.05, 3.63) is 0 Å². The summed E-state index contributed by atoms with van der Waals surface area (Å²) in [5.41, 5.74) is 2.97. The normalized spacial score (nSPS) is 36.6. The van der Waals surface area contributed by atoms with Crippen LogP contribution in [0, 0.1) is 0 Å². The van der Waals surface area contributed by atoms with Crippen LogP contribution in [0.15, 0.2) is 0 Å². The standard InChI is InChI=1S/C7H16N2O2S/c1-6-4-9(8-3)5-7(2)12(6,10)11/h6-8H,4-5H2,1-3H3. The first-order valence-corrected chi connectivity index (χ1v) is 5.74. The highest BCUT2D eigenvalue weighted by Gasteiger charge is 2.35. The lowest BCUT2D eigenvalue weighted by molar-refractivity contribution is 0.198. The highest BCUT2D eigenvalue weighted by molar-refractivity contribution is 7.92. The zero-order valence-corrected chi connectivity index (χ0v) is 8.56. The van der Waals surface area contributed by atoms with Gasteiger partial charge in [0.15, 0.2) is 9.84 Å². The van der Waals surface area contributed by atoms with Crippen molar-refractivity contribution in [3.63, 3.8) is 0 Å². The molecule has 1 saturated heterocycles. The average molecular weight is 192 g/mol. The first-order valence-electron chi connectivity index (χ1n) is 4.13. The van der Waals surface area contributed by atoms with E-state index in [1.807, 2.05) is 12.1 Å². The van der Waals surface area contributed by atoms with Crippen LogP contribution in [0.5, 0.6) is 0 Å². The fourth-order valence-corrected chi connectivity index (χ4v) is 3.05. The van der Waals surface area contributed by atoms with E-state index in [4.69, 9.17) is 0 Å². The number of hydrogen-bond donors (Lipinski definition) is 1. The lowest BCUT2D eigenvalue weighted by Crippen LogP contribution is -2.54. The van der Waals surface area contributed by atoms with E-state index in [-0.39, 0.29) is 10.5 Å². The molecule has 2 unspecified atom stereocenters. The zero-order valence-electron chi connectivity index (χ0n) is 7.74. The summed E-state index contributed by atoms with van der Waals surface area (Å²) in [6, 6.07) is 0. The van der Waals surface area contributed by atoms with Gasteiger partial charge in [-0.05, 0) is 20.9 Å². The van der Waals surface area contributed by atoms with Crippen LogP contribution < -0.4 is 5.43 Å². The summed E-state index contributed by atoms with van der Waals surface area (Å²) >= 11 is 0. The Kier molecular flexibility index (Phi) is 2.75. The molecule has 0 aromatic rings. The summed E-state index contributed by atoms with van der Waals surface area (Å²) in [4.78, 5) is 0. The van der Waals surface area contributed by atoms with E-state index >= 15 is 0 Å². The highest BCUT2D eigenvalue weighted by Crippen LogP contribution is 2.16. The van der Waals surface area contributed by atoms with Gasteiger partial charge in [-0.25, -0.2) is 13.4 Å². The minimum atomic E-state index is -2.86. The van der Waals surface area contributed by atoms with Crippen LogP contribution in [0.25, 0.3) is 0 Å². The van der Waals surface area contributed by atoms with Crippen LogP contribution in [0.2, 0.25) is 0 Å². The van der Waals surface area contributed by atoms with Crippen molar-refractivity contribution in [1.82, 2.24) is 10.4 Å². The van der Waals surface area contributed by atoms with Gasteiger partial charge in [-0.3, -0.25) is 5.43 Å². The number of hydrazine groups is 1. The largest absolute Gasteiger partial charge is 0.258 e. The Morgan fingerprint density at radius 2 is 1.67 bits per heavy atom. The van der Waals surface area contributed by atoms with E-state index in [0.717, 1.165) is 0 Å². The van der Waals surface area contributed by atoms with Crippen LogP contribution in [0.4, 0.5) is 0 Å². The van der Waals surface area contributed by atoms with Crippen molar-refractivity contribution >= 4 is 9.84 Å². The smallest absolute Gasteiger partial charge is 0.158 e. The van der Waals surface area contributed by atoms with E-state index in [9.17, 15) is 8.42 Å². The van der Waals surface area contributed by atoms with Gasteiger partial charge in [0.1, 0.15) is 0 Å². The maximum absolute atomic E-state index is 11.5. The molecule has 1 heterocycles. The second-order valence-electron chi connectivity index (χ2n) is 3.34. The molecule has 0 saturated carbocycles. The zero-order chi connectivity index (χ0) is 9.35. The number of nitrogens with zero attached hydrogens (tertiary/aromatic N) is 1. The summed E-state index contributed by atoms with van der Waals surface area (Å²) in [5.74, 6) is 0. The van der Waals surface area contributed by atoms with Gasteiger partial charge in [-0.15, -0.1) is 0 Å². The quantitative estimate of drug-likeness (QED) is 0.616. The molecule has 1 aliphatic heterocycles. The van der Waals surface area contributed by atoms with Crippen molar-refractivity contribution in [1.29, 1.82) is 0 Å². The molecule has 5 heteroatoms. The SMILES string of the molecule is CNN1CC(C)S(=O)(=O)C(C)C1. The Hall–Kier alpha value is -0.130. The van der Waals surface area contributed by atoms with Crippen LogP contribution in [-0.4, -0.2) is 44.1 Å². The molecule has 0 bridgehead atoms. The number of hydrogen-bond acceptors (Lipinski definition) is 4. The lowest BCUT2D eigenvalue weighted by atomic mass is 10.4. The molecule has 0 aromatic carbocycles. The number of rotatable bonds is 1. The molecule has 72 valence electrons. The van der Waals surface area contributed by atoms with E-state index < -0.39 is 9.84 Å². The first-order chi connectivity index (χ1) is 5.48. The Morgan fingerprint density at radius 1 is 1.25 bits per heavy atom. The van der Waals surface area contributed by atoms with Crippen molar-refractivity contribution < 1.29 is 8.42 Å². The number of nitrogens with one attached hydrogen (secondary N) is 1. The fraction of sp³-hybridized carbons (Fsp3) is 1.00. The molecule has 0 amide bonds. The highest BCUT2D eigenvalue weighted by atomic mass is 32.2. The van der Waals surface area contributed by atoms with Crippen molar-refractivity contribution in [2.24, 2.45) is 0 Å². The van der Waals surface area contributed by atoms with Gasteiger partial charge in [0, 0.05) is 13.1 Å². The molecule has 12 heavy (non-hydrogen) atoms. The second-order valence-corrected chi connectivity index (χ2v) is 6.13. The van der Waals surface area contributed by atoms with Gasteiger partial charge in [0.25, 0.3) is 0 Å². The Morgan fingerprint density at radius 3 is 2.00 bits per heavy atom. The molecule has 1 aliphatic rings. The molecule has 1 fully saturated rings. The van der Waals surface area contributed by atoms with Gasteiger partial charge in [-0.2, -0.15) is 0 Å². The molecule has 0 spiro atoms. The molecular formula is C7H16N2O2S. The van der Waals surface area contributed by atoms with Gasteiger partial charge in [0.05, 0.1) is 10.5 Å². The molecule has 0 radical (unpaired) electrons. The first kappa shape index (κ1) is 9.95. The van der Waals surface area contributed by atoms with Crippen molar-refractivity contribution in [3.8, 4) is 0 Å². The van der Waals surface area contributed by atoms with Crippen molar-refractivity contribution in [2.75, 3.05) is 20.1 Å². The van der Waals surface area contributed by atoms with E-state index in [0.29, 0.717) is 13.1 Å². The summed E-state index contributed by atoms with van der Waals surface area (Å²) in [6.07, 6.45) is 0. The topological polar surface area (TPSA) is 49.4 Å². The molecule has 1 rings (SSSR count). The van der Waals surface area contributed by atoms with Gasteiger partial charge in [-0.1, -0.05) is 0 Å². The van der Waals surface area contributed by atoms with Crippen molar-refractivity contribution in [2.45, 2.75) is 24.3 Å². The van der Waals surface area contributed by atoms with Crippen LogP contribution >= 0.6 is 0 Å². The third kappa shape index (κ3) is 1.62. The minimum absolute atomic E-state index is 0.256. The maximum Gasteiger partial charge on any atom is 0.158 e. The summed E-state index contributed by atoms with van der Waals surface area (Å²) in [7, 11) is -1.05. The Labute approximate surface area is 73.8 Å². The predicted molar refractivity (Wildman–Crippen MR) is 48.5 cm³/mol. The monoisotopic (exact) mass is 192 g/mol. The van der Waals surface area contributed by atoms with Gasteiger partial charge >= 0.3 is 0 Å². The summed E-state index contributed by atoms with van der Waals surface area (Å²) < 4.78 is 23.0. The fourth-order valence-electron chi connectivity index (χ4n) is 1.48. The molecule has 4 nitrogen and oxygen atoms in total. The minimum Gasteiger partial charge on any atom is -0.258 e. The third-order valence-electron chi connectivity index (χ3n) is 2.39. The predicted octanol–water partition coefficient (Wildman–Crippen LogP) is -0.372.